The molecule has 0 aliphatic heterocycles. The van der Waals surface area contributed by atoms with Gasteiger partial charge in [0.25, 0.3) is 0 Å². The third kappa shape index (κ3) is 4.33. The van der Waals surface area contributed by atoms with Gasteiger partial charge in [-0.15, -0.1) is 0 Å². The Bertz CT molecular complexity index is 1590. The van der Waals surface area contributed by atoms with Crippen molar-refractivity contribution in [3.05, 3.63) is 83.2 Å². The average molecular weight is 488 g/mol. The van der Waals surface area contributed by atoms with Gasteiger partial charge in [0, 0.05) is 17.1 Å². The maximum atomic E-state index is 13.5. The van der Waals surface area contributed by atoms with Gasteiger partial charge in [0.05, 0.1) is 25.7 Å². The van der Waals surface area contributed by atoms with Crippen molar-refractivity contribution in [3.63, 3.8) is 0 Å². The molecule has 3 aromatic carbocycles. The molecule has 0 radical (unpaired) electrons. The third-order valence-electron chi connectivity index (χ3n) is 5.38. The zero-order valence-electron chi connectivity index (χ0n) is 19.0. The summed E-state index contributed by atoms with van der Waals surface area (Å²) in [5.41, 5.74) is 2.10. The number of hydrogen-bond donors (Lipinski definition) is 1. The number of nitrogens with one attached hydrogen (secondary N) is 1. The Balaban J connectivity index is 1.49. The quantitative estimate of drug-likeness (QED) is 0.258. The SMILES string of the molecule is COc1ccc(NC(=O)CSc2nc3c(oc4ccccc43)c(=O)n2-c2ccccc2)cc1OC. The lowest BCUT2D eigenvalue weighted by molar-refractivity contribution is -0.113. The van der Waals surface area contributed by atoms with Crippen LogP contribution in [0.5, 0.6) is 11.5 Å². The van der Waals surface area contributed by atoms with Crippen molar-refractivity contribution in [2.45, 2.75) is 5.16 Å². The summed E-state index contributed by atoms with van der Waals surface area (Å²) in [6.07, 6.45) is 0. The first-order chi connectivity index (χ1) is 17.1. The standard InChI is InChI=1S/C26H21N3O5S/c1-32-20-13-12-16(14-21(20)33-2)27-22(30)15-35-26-28-23-18-10-6-7-11-19(18)34-24(23)25(31)29(26)17-8-4-3-5-9-17/h3-14H,15H2,1-2H3,(H,27,30). The number of carbonyl (C=O) groups is 1. The fourth-order valence-electron chi connectivity index (χ4n) is 3.76. The molecular formula is C26H21N3O5S. The number of rotatable bonds is 7. The van der Waals surface area contributed by atoms with Gasteiger partial charge >= 0.3 is 5.56 Å². The molecule has 2 aromatic heterocycles. The van der Waals surface area contributed by atoms with E-state index in [4.69, 9.17) is 18.9 Å². The van der Waals surface area contributed by atoms with Crippen LogP contribution < -0.4 is 20.3 Å². The molecule has 0 saturated carbocycles. The number of fused-ring (bicyclic) bond motifs is 3. The van der Waals surface area contributed by atoms with Crippen LogP contribution in [0, 0.1) is 0 Å². The van der Waals surface area contributed by atoms with E-state index < -0.39 is 0 Å². The number of para-hydroxylation sites is 2. The van der Waals surface area contributed by atoms with Gasteiger partial charge in [-0.2, -0.15) is 0 Å². The number of furan rings is 1. The molecule has 0 unspecified atom stereocenters. The molecule has 35 heavy (non-hydrogen) atoms. The van der Waals surface area contributed by atoms with Gasteiger partial charge in [-0.1, -0.05) is 42.1 Å². The maximum absolute atomic E-state index is 13.5. The van der Waals surface area contributed by atoms with Crippen LogP contribution in [0.4, 0.5) is 5.69 Å². The first-order valence-corrected chi connectivity index (χ1v) is 11.7. The van der Waals surface area contributed by atoms with Crippen molar-refractivity contribution in [1.82, 2.24) is 9.55 Å². The molecule has 1 amide bonds. The number of hydrogen-bond acceptors (Lipinski definition) is 7. The second kappa shape index (κ2) is 9.55. The summed E-state index contributed by atoms with van der Waals surface area (Å²) in [4.78, 5) is 31.0. The number of benzene rings is 3. The second-order valence-electron chi connectivity index (χ2n) is 7.55. The molecule has 9 heteroatoms. The molecule has 8 nitrogen and oxygen atoms in total. The Labute approximate surface area is 204 Å². The molecule has 0 bridgehead atoms. The predicted octanol–water partition coefficient (Wildman–Crippen LogP) is 4.88. The van der Waals surface area contributed by atoms with Crippen LogP contribution in [0.15, 0.2) is 87.2 Å². The van der Waals surface area contributed by atoms with E-state index in [0.29, 0.717) is 39.1 Å². The average Bonchev–Trinajstić information content (AvgIpc) is 3.27. The summed E-state index contributed by atoms with van der Waals surface area (Å²) < 4.78 is 17.8. The van der Waals surface area contributed by atoms with Gasteiger partial charge < -0.3 is 19.2 Å². The van der Waals surface area contributed by atoms with Crippen LogP contribution in [0.25, 0.3) is 27.8 Å². The first kappa shape index (κ1) is 22.5. The van der Waals surface area contributed by atoms with Gasteiger partial charge in [0.2, 0.25) is 11.5 Å². The number of thioether (sulfide) groups is 1. The molecule has 0 atom stereocenters. The third-order valence-corrected chi connectivity index (χ3v) is 6.32. The van der Waals surface area contributed by atoms with Gasteiger partial charge in [0.1, 0.15) is 11.1 Å². The van der Waals surface area contributed by atoms with Crippen molar-refractivity contribution in [1.29, 1.82) is 0 Å². The van der Waals surface area contributed by atoms with Crippen LogP contribution in [0.3, 0.4) is 0 Å². The summed E-state index contributed by atoms with van der Waals surface area (Å²) in [5.74, 6) is 0.856. The Morgan fingerprint density at radius 3 is 2.51 bits per heavy atom. The van der Waals surface area contributed by atoms with E-state index >= 15 is 0 Å². The topological polar surface area (TPSA) is 95.6 Å². The lowest BCUT2D eigenvalue weighted by atomic mass is 10.2. The molecular weight excluding hydrogens is 466 g/mol. The van der Waals surface area contributed by atoms with E-state index in [1.807, 2.05) is 48.5 Å². The van der Waals surface area contributed by atoms with E-state index in [1.165, 1.54) is 23.4 Å². The number of ether oxygens (including phenoxy) is 2. The molecule has 5 rings (SSSR count). The van der Waals surface area contributed by atoms with Gasteiger partial charge in [-0.3, -0.25) is 14.2 Å². The molecule has 5 aromatic rings. The minimum Gasteiger partial charge on any atom is -0.493 e. The minimum absolute atomic E-state index is 0.0366. The fraction of sp³-hybridized carbons (Fsp3) is 0.115. The van der Waals surface area contributed by atoms with E-state index in [0.717, 1.165) is 5.39 Å². The van der Waals surface area contributed by atoms with Crippen LogP contribution in [0.2, 0.25) is 0 Å². The summed E-state index contributed by atoms with van der Waals surface area (Å²) in [6, 6.07) is 21.7. The van der Waals surface area contributed by atoms with E-state index in [-0.39, 0.29) is 22.8 Å². The normalized spacial score (nSPS) is 11.0. The van der Waals surface area contributed by atoms with Crippen LogP contribution >= 0.6 is 11.8 Å². The van der Waals surface area contributed by atoms with E-state index in [9.17, 15) is 9.59 Å². The number of amides is 1. The smallest absolute Gasteiger partial charge is 0.302 e. The molecule has 0 saturated heterocycles. The second-order valence-corrected chi connectivity index (χ2v) is 8.50. The lowest BCUT2D eigenvalue weighted by Crippen LogP contribution is -2.22. The molecule has 1 N–H and O–H groups in total. The number of nitrogens with zero attached hydrogens (tertiary/aromatic N) is 2. The minimum atomic E-state index is -0.333. The van der Waals surface area contributed by atoms with Crippen molar-refractivity contribution < 1.29 is 18.7 Å². The Morgan fingerprint density at radius 1 is 1.00 bits per heavy atom. The van der Waals surface area contributed by atoms with Gasteiger partial charge in [-0.05, 0) is 36.4 Å². The lowest BCUT2D eigenvalue weighted by Gasteiger charge is -2.12. The van der Waals surface area contributed by atoms with Crippen molar-refractivity contribution in [3.8, 4) is 17.2 Å². The molecule has 0 spiro atoms. The molecule has 176 valence electrons. The highest BCUT2D eigenvalue weighted by molar-refractivity contribution is 7.99. The monoisotopic (exact) mass is 487 g/mol. The first-order valence-electron chi connectivity index (χ1n) is 10.7. The predicted molar refractivity (Wildman–Crippen MR) is 136 cm³/mol. The zero-order valence-corrected chi connectivity index (χ0v) is 19.8. The highest BCUT2D eigenvalue weighted by Gasteiger charge is 2.19. The maximum Gasteiger partial charge on any atom is 0.302 e. The molecule has 0 aliphatic rings. The van der Waals surface area contributed by atoms with Gasteiger partial charge in [-0.25, -0.2) is 4.98 Å². The van der Waals surface area contributed by atoms with Crippen LogP contribution in [-0.4, -0.2) is 35.4 Å². The highest BCUT2D eigenvalue weighted by Crippen LogP contribution is 2.31. The highest BCUT2D eigenvalue weighted by atomic mass is 32.2. The molecule has 0 aliphatic carbocycles. The molecule has 0 fully saturated rings. The Hall–Kier alpha value is -4.24. The number of carbonyl (C=O) groups excluding carboxylic acids is 1. The fourth-order valence-corrected chi connectivity index (χ4v) is 4.57. The zero-order chi connectivity index (χ0) is 24.4. The van der Waals surface area contributed by atoms with Crippen molar-refractivity contribution in [2.75, 3.05) is 25.3 Å². The number of methoxy groups -OCH3 is 2. The Morgan fingerprint density at radius 2 is 1.74 bits per heavy atom. The van der Waals surface area contributed by atoms with E-state index in [2.05, 4.69) is 5.32 Å². The van der Waals surface area contributed by atoms with E-state index in [1.54, 1.807) is 31.4 Å². The summed E-state index contributed by atoms with van der Waals surface area (Å²) in [7, 11) is 3.08. The summed E-state index contributed by atoms with van der Waals surface area (Å²) in [6.45, 7) is 0. The van der Waals surface area contributed by atoms with Crippen molar-refractivity contribution >= 4 is 45.4 Å². The number of aromatic nitrogens is 2. The van der Waals surface area contributed by atoms with Crippen LogP contribution in [0.1, 0.15) is 0 Å². The summed E-state index contributed by atoms with van der Waals surface area (Å²) >= 11 is 1.17. The molecule has 2 heterocycles. The summed E-state index contributed by atoms with van der Waals surface area (Å²) in [5, 5.41) is 3.98. The Kier molecular flexibility index (Phi) is 6.15. The number of anilines is 1. The largest absolute Gasteiger partial charge is 0.493 e. The van der Waals surface area contributed by atoms with Crippen LogP contribution in [-0.2, 0) is 4.79 Å². The van der Waals surface area contributed by atoms with Gasteiger partial charge in [0.15, 0.2) is 16.7 Å². The van der Waals surface area contributed by atoms with Crippen molar-refractivity contribution in [2.24, 2.45) is 0 Å².